The van der Waals surface area contributed by atoms with Gasteiger partial charge in [0.15, 0.2) is 11.0 Å². The largest absolute Gasteiger partial charge is 0.349 e. The van der Waals surface area contributed by atoms with Crippen LogP contribution in [0.4, 0.5) is 0 Å². The first-order valence-corrected chi connectivity index (χ1v) is 11.0. The van der Waals surface area contributed by atoms with Gasteiger partial charge in [0.1, 0.15) is 0 Å². The Balaban J connectivity index is 1.67. The van der Waals surface area contributed by atoms with Gasteiger partial charge < -0.3 is 9.88 Å². The molecule has 0 saturated carbocycles. The van der Waals surface area contributed by atoms with E-state index in [2.05, 4.69) is 84.2 Å². The molecule has 6 heteroatoms. The Morgan fingerprint density at radius 2 is 1.79 bits per heavy atom. The van der Waals surface area contributed by atoms with Crippen LogP contribution in [0.25, 0.3) is 11.4 Å². The summed E-state index contributed by atoms with van der Waals surface area (Å²) in [5, 5.41) is 12.6. The van der Waals surface area contributed by atoms with Crippen molar-refractivity contribution in [2.24, 2.45) is 0 Å². The molecule has 0 unspecified atom stereocenters. The summed E-state index contributed by atoms with van der Waals surface area (Å²) in [6, 6.07) is 16.5. The third kappa shape index (κ3) is 5.07. The molecule has 1 N–H and O–H groups in total. The molecule has 0 saturated heterocycles. The monoisotopic (exact) mass is 408 g/mol. The highest BCUT2D eigenvalue weighted by molar-refractivity contribution is 7.99. The molecule has 29 heavy (non-hydrogen) atoms. The van der Waals surface area contributed by atoms with Crippen LogP contribution in [-0.4, -0.2) is 26.4 Å². The van der Waals surface area contributed by atoms with Crippen LogP contribution >= 0.6 is 11.8 Å². The normalized spacial score (nSPS) is 12.0. The van der Waals surface area contributed by atoms with Gasteiger partial charge in [-0.2, -0.15) is 0 Å². The molecule has 3 rings (SSSR count). The molecule has 2 aromatic carbocycles. The van der Waals surface area contributed by atoms with Crippen LogP contribution in [0.15, 0.2) is 53.7 Å². The summed E-state index contributed by atoms with van der Waals surface area (Å²) < 4.78 is 2.07. The van der Waals surface area contributed by atoms with Crippen LogP contribution in [0.1, 0.15) is 43.0 Å². The molecule has 0 bridgehead atoms. The maximum atomic E-state index is 12.6. The van der Waals surface area contributed by atoms with Crippen molar-refractivity contribution >= 4 is 17.7 Å². The zero-order chi connectivity index (χ0) is 20.8. The highest BCUT2D eigenvalue weighted by Gasteiger charge is 2.17. The Kier molecular flexibility index (Phi) is 7.09. The van der Waals surface area contributed by atoms with E-state index in [0.717, 1.165) is 40.6 Å². The van der Waals surface area contributed by atoms with E-state index in [4.69, 9.17) is 0 Å². The van der Waals surface area contributed by atoms with Crippen molar-refractivity contribution in [3.05, 3.63) is 65.2 Å². The number of hydrogen-bond acceptors (Lipinski definition) is 4. The van der Waals surface area contributed by atoms with Crippen LogP contribution in [0, 0.1) is 13.8 Å². The third-order valence-corrected chi connectivity index (χ3v) is 5.94. The lowest BCUT2D eigenvalue weighted by Crippen LogP contribution is -2.29. The predicted molar refractivity (Wildman–Crippen MR) is 119 cm³/mol. The number of thioether (sulfide) groups is 1. The van der Waals surface area contributed by atoms with Gasteiger partial charge in [0.2, 0.25) is 5.91 Å². The summed E-state index contributed by atoms with van der Waals surface area (Å²) in [7, 11) is 0. The van der Waals surface area contributed by atoms with Gasteiger partial charge in [0.05, 0.1) is 11.8 Å². The van der Waals surface area contributed by atoms with Gasteiger partial charge in [-0.05, 0) is 38.3 Å². The molecular formula is C23H28N4OS. The number of benzene rings is 2. The lowest BCUT2D eigenvalue weighted by molar-refractivity contribution is -0.119. The average Bonchev–Trinajstić information content (AvgIpc) is 3.14. The van der Waals surface area contributed by atoms with Crippen molar-refractivity contribution in [1.82, 2.24) is 20.1 Å². The Morgan fingerprint density at radius 1 is 1.07 bits per heavy atom. The summed E-state index contributed by atoms with van der Waals surface area (Å²) in [4.78, 5) is 12.6. The number of rotatable bonds is 8. The van der Waals surface area contributed by atoms with E-state index in [-0.39, 0.29) is 11.9 Å². The summed E-state index contributed by atoms with van der Waals surface area (Å²) in [6.07, 6.45) is 0.849. The van der Waals surface area contributed by atoms with Gasteiger partial charge in [-0.3, -0.25) is 4.79 Å². The van der Waals surface area contributed by atoms with Gasteiger partial charge in [-0.1, -0.05) is 72.8 Å². The number of carbonyl (C=O) groups is 1. The third-order valence-electron chi connectivity index (χ3n) is 4.97. The minimum absolute atomic E-state index is 0.00511. The lowest BCUT2D eigenvalue weighted by Gasteiger charge is -2.17. The smallest absolute Gasteiger partial charge is 0.230 e. The summed E-state index contributed by atoms with van der Waals surface area (Å²) in [5.41, 5.74) is 4.58. The first kappa shape index (κ1) is 21.1. The zero-order valence-corrected chi connectivity index (χ0v) is 18.3. The standard InChI is InChI=1S/C23H28N4OS/c1-5-20(18-13-11-16(3)12-14-18)24-21(28)15-29-23-26-25-22(27(23)6-2)19-10-8-7-9-17(19)4/h7-14,20H,5-6,15H2,1-4H3,(H,24,28)/t20-/m0/s1. The number of hydrogen-bond donors (Lipinski definition) is 1. The Morgan fingerprint density at radius 3 is 2.45 bits per heavy atom. The fourth-order valence-electron chi connectivity index (χ4n) is 3.29. The molecule has 0 aliphatic rings. The second-order valence-corrected chi connectivity index (χ2v) is 8.04. The number of aryl methyl sites for hydroxylation is 2. The molecule has 152 valence electrons. The molecule has 1 heterocycles. The molecule has 0 fully saturated rings. The Hall–Kier alpha value is -2.60. The van der Waals surface area contributed by atoms with Crippen LogP contribution in [-0.2, 0) is 11.3 Å². The summed E-state index contributed by atoms with van der Waals surface area (Å²) in [6.45, 7) is 9.04. The second-order valence-electron chi connectivity index (χ2n) is 7.09. The molecule has 5 nitrogen and oxygen atoms in total. The molecule has 1 aromatic heterocycles. The number of amides is 1. The maximum Gasteiger partial charge on any atom is 0.230 e. The Labute approximate surface area is 176 Å². The van der Waals surface area contributed by atoms with E-state index in [1.165, 1.54) is 17.3 Å². The molecule has 1 amide bonds. The molecule has 1 atom stereocenters. The lowest BCUT2D eigenvalue weighted by atomic mass is 10.0. The highest BCUT2D eigenvalue weighted by Crippen LogP contribution is 2.26. The molecule has 0 aliphatic carbocycles. The second kappa shape index (κ2) is 9.74. The van der Waals surface area contributed by atoms with Gasteiger partial charge in [-0.15, -0.1) is 10.2 Å². The van der Waals surface area contributed by atoms with Crippen molar-refractivity contribution in [3.63, 3.8) is 0 Å². The van der Waals surface area contributed by atoms with Gasteiger partial charge in [0, 0.05) is 12.1 Å². The minimum Gasteiger partial charge on any atom is -0.349 e. The van der Waals surface area contributed by atoms with E-state index in [9.17, 15) is 4.79 Å². The van der Waals surface area contributed by atoms with Gasteiger partial charge in [-0.25, -0.2) is 0 Å². The highest BCUT2D eigenvalue weighted by atomic mass is 32.2. The van der Waals surface area contributed by atoms with Crippen molar-refractivity contribution in [2.75, 3.05) is 5.75 Å². The van der Waals surface area contributed by atoms with Gasteiger partial charge >= 0.3 is 0 Å². The molecular weight excluding hydrogens is 380 g/mol. The van der Waals surface area contributed by atoms with E-state index in [1.54, 1.807) is 0 Å². The zero-order valence-electron chi connectivity index (χ0n) is 17.5. The van der Waals surface area contributed by atoms with Crippen LogP contribution < -0.4 is 5.32 Å². The quantitative estimate of drug-likeness (QED) is 0.536. The maximum absolute atomic E-state index is 12.6. The van der Waals surface area contributed by atoms with E-state index in [1.807, 2.05) is 12.1 Å². The fraction of sp³-hybridized carbons (Fsp3) is 0.348. The SMILES string of the molecule is CC[C@H](NC(=O)CSc1nnc(-c2ccccc2C)n1CC)c1ccc(C)cc1. The van der Waals surface area contributed by atoms with Gasteiger partial charge in [0.25, 0.3) is 0 Å². The van der Waals surface area contributed by atoms with Crippen molar-refractivity contribution in [3.8, 4) is 11.4 Å². The van der Waals surface area contributed by atoms with Crippen LogP contribution in [0.5, 0.6) is 0 Å². The van der Waals surface area contributed by atoms with Crippen molar-refractivity contribution in [1.29, 1.82) is 0 Å². The van der Waals surface area contributed by atoms with Crippen LogP contribution in [0.2, 0.25) is 0 Å². The van der Waals surface area contributed by atoms with Crippen molar-refractivity contribution < 1.29 is 4.79 Å². The van der Waals surface area contributed by atoms with Crippen LogP contribution in [0.3, 0.4) is 0 Å². The first-order valence-electron chi connectivity index (χ1n) is 10.0. The number of nitrogens with one attached hydrogen (secondary N) is 1. The Bertz CT molecular complexity index is 965. The molecule has 0 spiro atoms. The van der Waals surface area contributed by atoms with E-state index >= 15 is 0 Å². The van der Waals surface area contributed by atoms with E-state index in [0.29, 0.717) is 5.75 Å². The van der Waals surface area contributed by atoms with Crippen molar-refractivity contribution in [2.45, 2.75) is 51.9 Å². The molecule has 3 aromatic rings. The fourth-order valence-corrected chi connectivity index (χ4v) is 4.10. The van der Waals surface area contributed by atoms with E-state index < -0.39 is 0 Å². The minimum atomic E-state index is 0.00511. The first-order chi connectivity index (χ1) is 14.0. The summed E-state index contributed by atoms with van der Waals surface area (Å²) in [5.74, 6) is 1.17. The predicted octanol–water partition coefficient (Wildman–Crippen LogP) is 4.94. The average molecular weight is 409 g/mol. The number of aromatic nitrogens is 3. The number of nitrogens with zero attached hydrogens (tertiary/aromatic N) is 3. The summed E-state index contributed by atoms with van der Waals surface area (Å²) >= 11 is 1.43. The molecule has 0 radical (unpaired) electrons. The topological polar surface area (TPSA) is 59.8 Å². The molecule has 0 aliphatic heterocycles. The number of carbonyl (C=O) groups excluding carboxylic acids is 1.